The second-order valence-electron chi connectivity index (χ2n) is 9.00. The summed E-state index contributed by atoms with van der Waals surface area (Å²) in [5.41, 5.74) is 5.68. The van der Waals surface area contributed by atoms with Gasteiger partial charge in [0, 0.05) is 11.8 Å². The van der Waals surface area contributed by atoms with Crippen molar-refractivity contribution >= 4 is 25.8 Å². The maximum Gasteiger partial charge on any atom is 0.174 e. The molecule has 0 bridgehead atoms. The fraction of sp³-hybridized carbons (Fsp3) is 0.161. The monoisotopic (exact) mass is 452 g/mol. The molecule has 2 N–H and O–H groups in total. The molecule has 170 valence electrons. The quantitative estimate of drug-likeness (QED) is 0.178. The van der Waals surface area contributed by atoms with Crippen molar-refractivity contribution in [2.45, 2.75) is 30.9 Å². The van der Waals surface area contributed by atoms with E-state index in [2.05, 4.69) is 62.7 Å². The van der Waals surface area contributed by atoms with Gasteiger partial charge in [-0.2, -0.15) is 0 Å². The molecule has 0 spiro atoms. The number of rotatable bonds is 11. The number of hydrogen-bond acceptors (Lipinski definition) is 2. The molecule has 0 fully saturated rings. The van der Waals surface area contributed by atoms with Crippen LogP contribution in [-0.4, -0.2) is 25.8 Å². The molecule has 0 aliphatic rings. The summed E-state index contributed by atoms with van der Waals surface area (Å²) in [6, 6.07) is 41.0. The smallest absolute Gasteiger partial charge is 0.174 e. The van der Waals surface area contributed by atoms with Crippen LogP contribution in [0.25, 0.3) is 0 Å². The van der Waals surface area contributed by atoms with Crippen LogP contribution in [0.1, 0.15) is 41.0 Å². The molecule has 0 aromatic heterocycles. The van der Waals surface area contributed by atoms with E-state index in [9.17, 15) is 0 Å². The first-order chi connectivity index (χ1) is 17.1. The van der Waals surface area contributed by atoms with Crippen molar-refractivity contribution in [3.05, 3.63) is 144 Å². The van der Waals surface area contributed by atoms with Gasteiger partial charge in [-0.25, -0.2) is 0 Å². The molecule has 2 nitrogen and oxygen atoms in total. The Morgan fingerprint density at radius 3 is 1.20 bits per heavy atom. The van der Waals surface area contributed by atoms with Gasteiger partial charge in [0.05, 0.1) is 0 Å². The van der Waals surface area contributed by atoms with E-state index in [1.807, 2.05) is 80.1 Å². The minimum atomic E-state index is -0.0966. The molecule has 1 unspecified atom stereocenters. The van der Waals surface area contributed by atoms with Gasteiger partial charge in [-0.15, -0.1) is 0 Å². The molecular weight excluding hydrogens is 422 g/mol. The van der Waals surface area contributed by atoms with Crippen molar-refractivity contribution in [2.24, 2.45) is 0 Å². The van der Waals surface area contributed by atoms with Crippen LogP contribution in [0, 0.1) is 10.8 Å². The molecule has 1 atom stereocenters. The predicted molar refractivity (Wildman–Crippen MR) is 151 cm³/mol. The summed E-state index contributed by atoms with van der Waals surface area (Å²) in [6.07, 6.45) is 0.716. The first-order valence-electron chi connectivity index (χ1n) is 12.2. The van der Waals surface area contributed by atoms with Gasteiger partial charge in [0.15, 0.2) is 14.6 Å². The number of hydrogen-bond donors (Lipinski definition) is 2. The van der Waals surface area contributed by atoms with Crippen molar-refractivity contribution in [2.75, 3.05) is 0 Å². The third kappa shape index (κ3) is 6.48. The fourth-order valence-electron chi connectivity index (χ4n) is 4.59. The molecule has 0 heterocycles. The van der Waals surface area contributed by atoms with Crippen LogP contribution in [0.4, 0.5) is 0 Å². The lowest BCUT2D eigenvalue weighted by molar-refractivity contribution is 1.03. The van der Waals surface area contributed by atoms with Gasteiger partial charge in [-0.3, -0.25) is 0 Å². The lowest BCUT2D eigenvalue weighted by Gasteiger charge is -2.23. The van der Waals surface area contributed by atoms with Crippen LogP contribution < -0.4 is 0 Å². The summed E-state index contributed by atoms with van der Waals surface area (Å²) < 4.78 is 0. The van der Waals surface area contributed by atoms with Gasteiger partial charge in [0.25, 0.3) is 0 Å². The summed E-state index contributed by atoms with van der Waals surface area (Å²) >= 11 is 0. The summed E-state index contributed by atoms with van der Waals surface area (Å²) in [6.45, 7) is 2.13. The van der Waals surface area contributed by atoms with E-state index in [0.29, 0.717) is 17.5 Å². The largest absolute Gasteiger partial charge is 0.319 e. The van der Waals surface area contributed by atoms with E-state index in [-0.39, 0.29) is 17.7 Å². The molecule has 0 aliphatic carbocycles. The Kier molecular flexibility index (Phi) is 8.51. The van der Waals surface area contributed by atoms with E-state index < -0.39 is 0 Å². The van der Waals surface area contributed by atoms with Crippen molar-refractivity contribution in [3.8, 4) is 0 Å². The Morgan fingerprint density at radius 1 is 0.543 bits per heavy atom. The molecule has 35 heavy (non-hydrogen) atoms. The number of nitrogens with one attached hydrogen (secondary N) is 2. The molecule has 0 aliphatic heterocycles. The van der Waals surface area contributed by atoms with Crippen LogP contribution in [0.15, 0.2) is 121 Å². The van der Waals surface area contributed by atoms with Crippen LogP contribution in [0.2, 0.25) is 12.1 Å². The highest BCUT2D eigenvalue weighted by Gasteiger charge is 2.24. The van der Waals surface area contributed by atoms with E-state index in [1.54, 1.807) is 0 Å². The molecule has 4 heteroatoms. The minimum absolute atomic E-state index is 0.0922. The summed E-state index contributed by atoms with van der Waals surface area (Å²) in [7, 11) is 4.08. The van der Waals surface area contributed by atoms with Crippen molar-refractivity contribution < 1.29 is 0 Å². The highest BCUT2D eigenvalue weighted by Crippen LogP contribution is 2.29. The van der Waals surface area contributed by atoms with Crippen molar-refractivity contribution in [1.29, 1.82) is 10.8 Å². The zero-order valence-electron chi connectivity index (χ0n) is 20.1. The van der Waals surface area contributed by atoms with E-state index in [1.165, 1.54) is 0 Å². The van der Waals surface area contributed by atoms with Gasteiger partial charge in [0.2, 0.25) is 0 Å². The summed E-state index contributed by atoms with van der Waals surface area (Å²) in [4.78, 5) is 0. The zero-order valence-corrected chi connectivity index (χ0v) is 20.1. The van der Waals surface area contributed by atoms with Gasteiger partial charge in [0.1, 0.15) is 0 Å². The molecule has 4 rings (SSSR count). The lowest BCUT2D eigenvalue weighted by atomic mass is 9.48. The third-order valence-corrected chi connectivity index (χ3v) is 6.33. The molecule has 2 radical (unpaired) electrons. The first-order valence-corrected chi connectivity index (χ1v) is 12.2. The Bertz CT molecular complexity index is 1130. The summed E-state index contributed by atoms with van der Waals surface area (Å²) in [5, 5.41) is 17.9. The SMILES string of the molecule is CC([B]C(=N)C(c1ccccc1)c1ccccc1)C[B]C(=N)C(c1ccccc1)c1ccccc1. The topological polar surface area (TPSA) is 47.7 Å². The Balaban J connectivity index is 1.45. The Labute approximate surface area is 211 Å². The highest BCUT2D eigenvalue weighted by molar-refractivity contribution is 6.80. The van der Waals surface area contributed by atoms with Gasteiger partial charge in [-0.1, -0.05) is 140 Å². The van der Waals surface area contributed by atoms with E-state index >= 15 is 0 Å². The minimum Gasteiger partial charge on any atom is -0.319 e. The van der Waals surface area contributed by atoms with Gasteiger partial charge >= 0.3 is 0 Å². The van der Waals surface area contributed by atoms with Crippen LogP contribution in [0.5, 0.6) is 0 Å². The maximum atomic E-state index is 8.97. The summed E-state index contributed by atoms with van der Waals surface area (Å²) in [5.74, 6) is -0.0453. The molecule has 4 aromatic carbocycles. The van der Waals surface area contributed by atoms with Crippen molar-refractivity contribution in [1.82, 2.24) is 0 Å². The predicted octanol–water partition coefficient (Wildman–Crippen LogP) is 7.24. The Morgan fingerprint density at radius 2 is 0.857 bits per heavy atom. The fourth-order valence-corrected chi connectivity index (χ4v) is 4.59. The molecular formula is C31H30B2N2. The van der Waals surface area contributed by atoms with Crippen LogP contribution in [-0.2, 0) is 0 Å². The standard InChI is InChI=1S/C31H30B2N2/c1-23(33-31(35)29(26-18-10-4-11-19-26)27-20-12-5-13-21-27)22-32-30(34)28(24-14-6-2-7-15-24)25-16-8-3-9-17-25/h2-21,23,28-29,34-35H,22H2,1H3. The molecule has 0 amide bonds. The van der Waals surface area contributed by atoms with E-state index in [0.717, 1.165) is 22.3 Å². The maximum absolute atomic E-state index is 8.97. The average molecular weight is 452 g/mol. The Hall–Kier alpha value is -3.65. The van der Waals surface area contributed by atoms with Crippen molar-refractivity contribution in [3.63, 3.8) is 0 Å². The normalized spacial score (nSPS) is 11.7. The molecule has 4 aromatic rings. The van der Waals surface area contributed by atoms with E-state index in [4.69, 9.17) is 10.8 Å². The average Bonchev–Trinajstić information content (AvgIpc) is 2.90. The molecule has 0 saturated carbocycles. The lowest BCUT2D eigenvalue weighted by Crippen LogP contribution is -2.25. The first kappa shape index (κ1) is 24.5. The van der Waals surface area contributed by atoms with Gasteiger partial charge in [-0.05, 0) is 33.5 Å². The second-order valence-corrected chi connectivity index (χ2v) is 9.00. The number of benzene rings is 4. The highest BCUT2D eigenvalue weighted by atomic mass is 14.4. The van der Waals surface area contributed by atoms with Gasteiger partial charge < -0.3 is 10.8 Å². The second kappa shape index (κ2) is 12.2. The van der Waals surface area contributed by atoms with Crippen LogP contribution >= 0.6 is 0 Å². The van der Waals surface area contributed by atoms with Crippen LogP contribution in [0.3, 0.4) is 0 Å². The third-order valence-electron chi connectivity index (χ3n) is 6.33. The molecule has 0 saturated heterocycles. The zero-order chi connectivity index (χ0) is 24.5.